The van der Waals surface area contributed by atoms with Gasteiger partial charge in [0.2, 0.25) is 0 Å². The van der Waals surface area contributed by atoms with Crippen LogP contribution in [-0.4, -0.2) is 11.7 Å². The Morgan fingerprint density at radius 1 is 1.00 bits per heavy atom. The molecule has 2 unspecified atom stereocenters. The molecule has 3 N–H and O–H groups in total. The highest BCUT2D eigenvalue weighted by molar-refractivity contribution is 5.30. The molecule has 0 radical (unpaired) electrons. The van der Waals surface area contributed by atoms with Crippen LogP contribution in [0.1, 0.15) is 48.5 Å². The molecule has 3 heteroatoms. The zero-order chi connectivity index (χ0) is 15.4. The molecular weight excluding hydrogens is 265 g/mol. The Balaban J connectivity index is 2.25. The molecule has 0 aliphatic rings. The Morgan fingerprint density at radius 2 is 1.62 bits per heavy atom. The molecule has 0 spiro atoms. The van der Waals surface area contributed by atoms with E-state index >= 15 is 0 Å². The molecule has 0 amide bonds. The summed E-state index contributed by atoms with van der Waals surface area (Å²) in [5.74, 6) is -0.177. The first-order valence-corrected chi connectivity index (χ1v) is 7.26. The van der Waals surface area contributed by atoms with Crippen LogP contribution < -0.4 is 5.73 Å². The monoisotopic (exact) mass is 287 g/mol. The van der Waals surface area contributed by atoms with Crippen molar-refractivity contribution in [3.63, 3.8) is 0 Å². The number of rotatable bonds is 5. The molecule has 0 bridgehead atoms. The summed E-state index contributed by atoms with van der Waals surface area (Å²) in [4.78, 5) is 0. The smallest absolute Gasteiger partial charge is 0.123 e. The highest BCUT2D eigenvalue weighted by Crippen LogP contribution is 2.31. The first kappa shape index (κ1) is 15.7. The number of hydrogen-bond acceptors (Lipinski definition) is 2. The predicted molar refractivity (Wildman–Crippen MR) is 83.7 cm³/mol. The summed E-state index contributed by atoms with van der Waals surface area (Å²) in [7, 11) is 0. The molecule has 112 valence electrons. The number of halogens is 1. The minimum atomic E-state index is -0.738. The molecule has 0 saturated heterocycles. The fourth-order valence-electron chi connectivity index (χ4n) is 2.49. The fraction of sp³-hybridized carbons (Fsp3) is 0.333. The summed E-state index contributed by atoms with van der Waals surface area (Å²) in [6.45, 7) is 4.51. The van der Waals surface area contributed by atoms with Gasteiger partial charge in [0.15, 0.2) is 0 Å². The first-order valence-electron chi connectivity index (χ1n) is 7.26. The maximum Gasteiger partial charge on any atom is 0.123 e. The number of aliphatic hydroxyl groups is 1. The van der Waals surface area contributed by atoms with E-state index in [-0.39, 0.29) is 18.3 Å². The van der Waals surface area contributed by atoms with Gasteiger partial charge in [-0.1, -0.05) is 50.2 Å². The zero-order valence-electron chi connectivity index (χ0n) is 12.5. The molecule has 21 heavy (non-hydrogen) atoms. The summed E-state index contributed by atoms with van der Waals surface area (Å²) in [6, 6.07) is 14.1. The van der Waals surface area contributed by atoms with E-state index in [9.17, 15) is 9.50 Å². The molecule has 0 saturated carbocycles. The summed E-state index contributed by atoms with van der Waals surface area (Å²) in [6.07, 6.45) is -0.738. The van der Waals surface area contributed by atoms with Crippen molar-refractivity contribution in [2.75, 3.05) is 6.54 Å². The Kier molecular flexibility index (Phi) is 5.10. The Labute approximate surface area is 125 Å². The molecule has 0 aliphatic carbocycles. The zero-order valence-corrected chi connectivity index (χ0v) is 12.5. The lowest BCUT2D eigenvalue weighted by Crippen LogP contribution is -2.20. The quantitative estimate of drug-likeness (QED) is 0.880. The second-order valence-corrected chi connectivity index (χ2v) is 5.66. The van der Waals surface area contributed by atoms with Gasteiger partial charge in [0.25, 0.3) is 0 Å². The van der Waals surface area contributed by atoms with E-state index in [1.807, 2.05) is 24.3 Å². The number of benzene rings is 2. The molecule has 0 aliphatic heterocycles. The van der Waals surface area contributed by atoms with Crippen molar-refractivity contribution in [1.82, 2.24) is 0 Å². The lowest BCUT2D eigenvalue weighted by molar-refractivity contribution is 0.147. The highest BCUT2D eigenvalue weighted by Gasteiger charge is 2.22. The number of hydrogen-bond donors (Lipinski definition) is 2. The Hall–Kier alpha value is -1.71. The van der Waals surface area contributed by atoms with Gasteiger partial charge in [-0.25, -0.2) is 4.39 Å². The second-order valence-electron chi connectivity index (χ2n) is 5.66. The van der Waals surface area contributed by atoms with Gasteiger partial charge in [-0.05, 0) is 34.7 Å². The molecule has 0 heterocycles. The van der Waals surface area contributed by atoms with Gasteiger partial charge in [0, 0.05) is 12.5 Å². The normalized spacial score (nSPS) is 14.2. The van der Waals surface area contributed by atoms with Crippen LogP contribution in [0.4, 0.5) is 4.39 Å². The largest absolute Gasteiger partial charge is 0.388 e. The van der Waals surface area contributed by atoms with E-state index in [4.69, 9.17) is 5.73 Å². The third kappa shape index (κ3) is 3.69. The topological polar surface area (TPSA) is 46.2 Å². The number of nitrogens with two attached hydrogens (primary N) is 1. The van der Waals surface area contributed by atoms with Crippen molar-refractivity contribution in [2.24, 2.45) is 5.73 Å². The maximum absolute atomic E-state index is 13.3. The second kappa shape index (κ2) is 6.83. The van der Waals surface area contributed by atoms with E-state index in [2.05, 4.69) is 13.8 Å². The average molecular weight is 287 g/mol. The maximum atomic E-state index is 13.3. The molecule has 2 aromatic carbocycles. The first-order chi connectivity index (χ1) is 10.0. The third-order valence-electron chi connectivity index (χ3n) is 3.86. The van der Waals surface area contributed by atoms with Crippen LogP contribution >= 0.6 is 0 Å². The van der Waals surface area contributed by atoms with Crippen molar-refractivity contribution < 1.29 is 9.50 Å². The summed E-state index contributed by atoms with van der Waals surface area (Å²) in [5.41, 5.74) is 8.54. The van der Waals surface area contributed by atoms with Crippen LogP contribution in [0.2, 0.25) is 0 Å². The van der Waals surface area contributed by atoms with Crippen molar-refractivity contribution in [3.8, 4) is 0 Å². The number of aliphatic hydroxyl groups excluding tert-OH is 1. The minimum Gasteiger partial charge on any atom is -0.388 e. The van der Waals surface area contributed by atoms with Crippen LogP contribution in [0.25, 0.3) is 0 Å². The van der Waals surface area contributed by atoms with Crippen molar-refractivity contribution in [2.45, 2.75) is 31.8 Å². The Bertz CT molecular complexity index is 580. The molecular formula is C18H22FNO. The van der Waals surface area contributed by atoms with E-state index in [0.29, 0.717) is 5.92 Å². The van der Waals surface area contributed by atoms with Crippen molar-refractivity contribution in [3.05, 3.63) is 71.0 Å². The molecule has 2 nitrogen and oxygen atoms in total. The molecule has 0 aromatic heterocycles. The van der Waals surface area contributed by atoms with Crippen LogP contribution in [0.15, 0.2) is 48.5 Å². The standard InChI is InChI=1S/C18H22FNO/c1-12(2)13-6-8-14(9-7-13)18(21)17(11-20)15-4-3-5-16(19)10-15/h3-10,12,17-18,21H,11,20H2,1-2H3. The van der Waals surface area contributed by atoms with Gasteiger partial charge in [0.05, 0.1) is 6.10 Å². The van der Waals surface area contributed by atoms with Gasteiger partial charge in [-0.15, -0.1) is 0 Å². The van der Waals surface area contributed by atoms with E-state index in [1.54, 1.807) is 12.1 Å². The van der Waals surface area contributed by atoms with Gasteiger partial charge in [-0.3, -0.25) is 0 Å². The van der Waals surface area contributed by atoms with Gasteiger partial charge >= 0.3 is 0 Å². The van der Waals surface area contributed by atoms with Crippen LogP contribution in [0.5, 0.6) is 0 Å². The highest BCUT2D eigenvalue weighted by atomic mass is 19.1. The van der Waals surface area contributed by atoms with Crippen LogP contribution in [0, 0.1) is 5.82 Å². The SMILES string of the molecule is CC(C)c1ccc(C(O)C(CN)c2cccc(F)c2)cc1. The van der Waals surface area contributed by atoms with E-state index in [1.165, 1.54) is 17.7 Å². The van der Waals surface area contributed by atoms with E-state index < -0.39 is 6.10 Å². The predicted octanol–water partition coefficient (Wildman–Crippen LogP) is 3.73. The summed E-state index contributed by atoms with van der Waals surface area (Å²) >= 11 is 0. The van der Waals surface area contributed by atoms with Gasteiger partial charge in [0.1, 0.15) is 5.82 Å². The lowest BCUT2D eigenvalue weighted by Gasteiger charge is -2.23. The Morgan fingerprint density at radius 3 is 2.14 bits per heavy atom. The molecule has 0 fully saturated rings. The van der Waals surface area contributed by atoms with Gasteiger partial charge in [-0.2, -0.15) is 0 Å². The van der Waals surface area contributed by atoms with Crippen LogP contribution in [-0.2, 0) is 0 Å². The average Bonchev–Trinajstić information content (AvgIpc) is 2.48. The van der Waals surface area contributed by atoms with E-state index in [0.717, 1.165) is 11.1 Å². The van der Waals surface area contributed by atoms with Crippen molar-refractivity contribution >= 4 is 0 Å². The third-order valence-corrected chi connectivity index (χ3v) is 3.86. The van der Waals surface area contributed by atoms with Crippen molar-refractivity contribution in [1.29, 1.82) is 0 Å². The fourth-order valence-corrected chi connectivity index (χ4v) is 2.49. The van der Waals surface area contributed by atoms with Gasteiger partial charge < -0.3 is 10.8 Å². The van der Waals surface area contributed by atoms with Crippen LogP contribution in [0.3, 0.4) is 0 Å². The lowest BCUT2D eigenvalue weighted by atomic mass is 9.88. The molecule has 2 atom stereocenters. The summed E-state index contributed by atoms with van der Waals surface area (Å²) in [5, 5.41) is 10.6. The summed E-state index contributed by atoms with van der Waals surface area (Å²) < 4.78 is 13.3. The molecule has 2 rings (SSSR count). The molecule has 2 aromatic rings. The minimum absolute atomic E-state index is 0.260.